The van der Waals surface area contributed by atoms with Crippen LogP contribution in [-0.4, -0.2) is 24.2 Å². The summed E-state index contributed by atoms with van der Waals surface area (Å²) in [5, 5.41) is 0. The van der Waals surface area contributed by atoms with Gasteiger partial charge in [-0.1, -0.05) is 6.92 Å². The third kappa shape index (κ3) is 4.60. The molecule has 0 aliphatic carbocycles. The van der Waals surface area contributed by atoms with Crippen molar-refractivity contribution < 1.29 is 13.2 Å². The Balaban J connectivity index is 2.88. The van der Waals surface area contributed by atoms with Crippen LogP contribution in [0, 0.1) is 0 Å². The maximum atomic E-state index is 12.4. The van der Waals surface area contributed by atoms with Crippen LogP contribution in [0.1, 0.15) is 19.0 Å². The van der Waals surface area contributed by atoms with Crippen molar-refractivity contribution in [1.29, 1.82) is 0 Å². The summed E-state index contributed by atoms with van der Waals surface area (Å²) in [5.74, 6) is 0. The fourth-order valence-corrected chi connectivity index (χ4v) is 1.56. The molecule has 1 aromatic rings. The molecule has 0 aliphatic heterocycles. The lowest BCUT2D eigenvalue weighted by Crippen LogP contribution is -2.35. The van der Waals surface area contributed by atoms with Crippen molar-refractivity contribution in [2.24, 2.45) is 5.73 Å². The minimum absolute atomic E-state index is 0.222. The van der Waals surface area contributed by atoms with E-state index in [0.29, 0.717) is 24.3 Å². The van der Waals surface area contributed by atoms with E-state index in [0.717, 1.165) is 0 Å². The first kappa shape index (κ1) is 13.8. The maximum absolute atomic E-state index is 12.4. The van der Waals surface area contributed by atoms with Gasteiger partial charge in [0.1, 0.15) is 6.54 Å². The fourth-order valence-electron chi connectivity index (χ4n) is 1.56. The third-order valence-electron chi connectivity index (χ3n) is 2.24. The molecule has 0 saturated heterocycles. The van der Waals surface area contributed by atoms with E-state index in [4.69, 9.17) is 5.73 Å². The van der Waals surface area contributed by atoms with Crippen LogP contribution in [0.25, 0.3) is 0 Å². The van der Waals surface area contributed by atoms with Crippen LogP contribution < -0.4 is 10.6 Å². The Kier molecular flexibility index (Phi) is 4.74. The number of nitrogens with zero attached hydrogens (tertiary/aromatic N) is 2. The van der Waals surface area contributed by atoms with Crippen LogP contribution in [0.4, 0.5) is 18.9 Å². The summed E-state index contributed by atoms with van der Waals surface area (Å²) in [5.41, 5.74) is 6.52. The van der Waals surface area contributed by atoms with Crippen LogP contribution in [0.5, 0.6) is 0 Å². The maximum Gasteiger partial charge on any atom is 0.405 e. The summed E-state index contributed by atoms with van der Waals surface area (Å²) in [6, 6.07) is 3.17. The lowest BCUT2D eigenvalue weighted by molar-refractivity contribution is -0.119. The number of nitrogens with two attached hydrogens (primary N) is 1. The number of halogens is 3. The molecule has 96 valence electrons. The highest BCUT2D eigenvalue weighted by atomic mass is 19.4. The number of rotatable bonds is 5. The molecular weight excluding hydrogens is 231 g/mol. The summed E-state index contributed by atoms with van der Waals surface area (Å²) in [7, 11) is 0. The smallest absolute Gasteiger partial charge is 0.362 e. The summed E-state index contributed by atoms with van der Waals surface area (Å²) in [6.45, 7) is 1.47. The number of anilines is 1. The van der Waals surface area contributed by atoms with Crippen molar-refractivity contribution in [3.8, 4) is 0 Å². The van der Waals surface area contributed by atoms with Gasteiger partial charge < -0.3 is 10.6 Å². The van der Waals surface area contributed by atoms with Crippen LogP contribution in [0.2, 0.25) is 0 Å². The van der Waals surface area contributed by atoms with E-state index in [-0.39, 0.29) is 6.54 Å². The summed E-state index contributed by atoms with van der Waals surface area (Å²) >= 11 is 0. The average molecular weight is 247 g/mol. The van der Waals surface area contributed by atoms with Gasteiger partial charge in [0.15, 0.2) is 0 Å². The zero-order valence-corrected chi connectivity index (χ0v) is 9.67. The van der Waals surface area contributed by atoms with Gasteiger partial charge in [0.2, 0.25) is 0 Å². The molecule has 0 fully saturated rings. The molecule has 0 unspecified atom stereocenters. The lowest BCUT2D eigenvalue weighted by Gasteiger charge is -2.25. The number of hydrogen-bond donors (Lipinski definition) is 1. The summed E-state index contributed by atoms with van der Waals surface area (Å²) in [4.78, 5) is 5.26. The van der Waals surface area contributed by atoms with Gasteiger partial charge in [-0.15, -0.1) is 0 Å². The summed E-state index contributed by atoms with van der Waals surface area (Å²) < 4.78 is 37.2. The molecule has 2 N–H and O–H groups in total. The van der Waals surface area contributed by atoms with Crippen molar-refractivity contribution in [3.05, 3.63) is 24.0 Å². The van der Waals surface area contributed by atoms with E-state index in [1.807, 2.05) is 6.92 Å². The Labute approximate surface area is 98.4 Å². The molecular formula is C11H16F3N3. The Hall–Kier alpha value is -1.30. The molecule has 0 amide bonds. The fraction of sp³-hybridized carbons (Fsp3) is 0.545. The molecule has 3 nitrogen and oxygen atoms in total. The Morgan fingerprint density at radius 2 is 2.12 bits per heavy atom. The topological polar surface area (TPSA) is 42.2 Å². The highest BCUT2D eigenvalue weighted by Crippen LogP contribution is 2.22. The van der Waals surface area contributed by atoms with E-state index < -0.39 is 12.7 Å². The largest absolute Gasteiger partial charge is 0.405 e. The Morgan fingerprint density at radius 1 is 1.41 bits per heavy atom. The van der Waals surface area contributed by atoms with Gasteiger partial charge in [-0.25, -0.2) is 0 Å². The van der Waals surface area contributed by atoms with Gasteiger partial charge in [0.05, 0.1) is 5.69 Å². The molecule has 0 radical (unpaired) electrons. The highest BCUT2D eigenvalue weighted by Gasteiger charge is 2.30. The third-order valence-corrected chi connectivity index (χ3v) is 2.24. The van der Waals surface area contributed by atoms with Crippen molar-refractivity contribution in [2.45, 2.75) is 26.1 Å². The van der Waals surface area contributed by atoms with Crippen molar-refractivity contribution >= 4 is 5.69 Å². The highest BCUT2D eigenvalue weighted by molar-refractivity contribution is 5.46. The average Bonchev–Trinajstić information content (AvgIpc) is 2.27. The zero-order chi connectivity index (χ0) is 12.9. The van der Waals surface area contributed by atoms with Crippen molar-refractivity contribution in [2.75, 3.05) is 18.0 Å². The standard InChI is InChI=1S/C11H16F3N3/c1-2-5-17(8-11(12,13)14)10-3-4-16-9(6-10)7-15/h3-4,6H,2,5,7-8,15H2,1H3. The molecule has 1 heterocycles. The van der Waals surface area contributed by atoms with Crippen LogP contribution >= 0.6 is 0 Å². The zero-order valence-electron chi connectivity index (χ0n) is 9.67. The quantitative estimate of drug-likeness (QED) is 0.868. The van der Waals surface area contributed by atoms with Crippen molar-refractivity contribution in [1.82, 2.24) is 4.98 Å². The van der Waals surface area contributed by atoms with E-state index in [1.54, 1.807) is 12.1 Å². The Bertz CT molecular complexity index is 352. The molecule has 0 bridgehead atoms. The SMILES string of the molecule is CCCN(CC(F)(F)F)c1ccnc(CN)c1. The first-order chi connectivity index (χ1) is 7.96. The van der Waals surface area contributed by atoms with Crippen LogP contribution in [-0.2, 0) is 6.54 Å². The molecule has 1 rings (SSSR count). The predicted octanol–water partition coefficient (Wildman–Crippen LogP) is 2.32. The number of hydrogen-bond acceptors (Lipinski definition) is 3. The second-order valence-corrected chi connectivity index (χ2v) is 3.75. The van der Waals surface area contributed by atoms with Gasteiger partial charge in [-0.05, 0) is 18.6 Å². The van der Waals surface area contributed by atoms with Gasteiger partial charge in [-0.3, -0.25) is 4.98 Å². The molecule has 17 heavy (non-hydrogen) atoms. The monoisotopic (exact) mass is 247 g/mol. The summed E-state index contributed by atoms with van der Waals surface area (Å²) in [6.07, 6.45) is -2.08. The number of alkyl halides is 3. The Morgan fingerprint density at radius 3 is 2.65 bits per heavy atom. The van der Waals surface area contributed by atoms with Crippen LogP contribution in [0.15, 0.2) is 18.3 Å². The molecule has 1 aromatic heterocycles. The molecule has 0 spiro atoms. The minimum Gasteiger partial charge on any atom is -0.362 e. The normalized spacial score (nSPS) is 11.6. The molecule has 0 aliphatic rings. The predicted molar refractivity (Wildman–Crippen MR) is 60.7 cm³/mol. The molecule has 6 heteroatoms. The van der Waals surface area contributed by atoms with Crippen LogP contribution in [0.3, 0.4) is 0 Å². The van der Waals surface area contributed by atoms with E-state index in [2.05, 4.69) is 4.98 Å². The first-order valence-corrected chi connectivity index (χ1v) is 5.43. The van der Waals surface area contributed by atoms with E-state index >= 15 is 0 Å². The van der Waals surface area contributed by atoms with E-state index in [9.17, 15) is 13.2 Å². The van der Waals surface area contributed by atoms with Gasteiger partial charge in [-0.2, -0.15) is 13.2 Å². The molecule has 0 atom stereocenters. The lowest BCUT2D eigenvalue weighted by atomic mass is 10.2. The molecule has 0 aromatic carbocycles. The minimum atomic E-state index is -4.21. The number of aromatic nitrogens is 1. The second-order valence-electron chi connectivity index (χ2n) is 3.75. The van der Waals surface area contributed by atoms with Gasteiger partial charge in [0, 0.05) is 25.0 Å². The van der Waals surface area contributed by atoms with Gasteiger partial charge >= 0.3 is 6.18 Å². The number of pyridine rings is 1. The van der Waals surface area contributed by atoms with Crippen molar-refractivity contribution in [3.63, 3.8) is 0 Å². The van der Waals surface area contributed by atoms with E-state index in [1.165, 1.54) is 11.1 Å². The molecule has 0 saturated carbocycles. The second kappa shape index (κ2) is 5.86. The first-order valence-electron chi connectivity index (χ1n) is 5.43. The van der Waals surface area contributed by atoms with Gasteiger partial charge in [0.25, 0.3) is 0 Å².